The molecule has 0 aliphatic rings. The molecule has 0 atom stereocenters. The number of anilines is 1. The molecule has 0 saturated carbocycles. The number of aryl methyl sites for hydroxylation is 1. The number of H-pyrrole nitrogens is 2. The molecule has 0 aliphatic carbocycles. The molecule has 0 amide bonds. The van der Waals surface area contributed by atoms with Gasteiger partial charge in [-0.2, -0.15) is 0 Å². The standard InChI is InChI=1S/C7H9N5S/c1-2-3-9-4-5(10-3)11-7(8)12-6(4)13/h2H2,1H3,(H4,8,9,10,11,12,13). The van der Waals surface area contributed by atoms with Crippen molar-refractivity contribution < 1.29 is 0 Å². The van der Waals surface area contributed by atoms with Crippen LogP contribution in [-0.4, -0.2) is 19.9 Å². The first-order valence-corrected chi connectivity index (χ1v) is 4.36. The molecule has 0 fully saturated rings. The van der Waals surface area contributed by atoms with Crippen molar-refractivity contribution in [1.29, 1.82) is 0 Å². The quantitative estimate of drug-likeness (QED) is 0.596. The first-order chi connectivity index (χ1) is 6.20. The third kappa shape index (κ3) is 1.29. The molecule has 4 N–H and O–H groups in total. The van der Waals surface area contributed by atoms with Gasteiger partial charge in [0.05, 0.1) is 0 Å². The molecule has 6 heteroatoms. The van der Waals surface area contributed by atoms with Crippen LogP contribution < -0.4 is 5.73 Å². The van der Waals surface area contributed by atoms with Crippen LogP contribution >= 0.6 is 12.2 Å². The van der Waals surface area contributed by atoms with Crippen molar-refractivity contribution in [2.24, 2.45) is 0 Å². The van der Waals surface area contributed by atoms with E-state index in [2.05, 4.69) is 19.9 Å². The largest absolute Gasteiger partial charge is 0.369 e. The molecular weight excluding hydrogens is 186 g/mol. The fourth-order valence-corrected chi connectivity index (χ4v) is 1.40. The zero-order valence-electron chi connectivity index (χ0n) is 7.09. The van der Waals surface area contributed by atoms with E-state index >= 15 is 0 Å². The number of nitrogens with two attached hydrogens (primary N) is 1. The van der Waals surface area contributed by atoms with E-state index < -0.39 is 0 Å². The number of nitrogen functional groups attached to an aromatic ring is 1. The third-order valence-corrected chi connectivity index (χ3v) is 2.07. The molecule has 2 heterocycles. The first kappa shape index (κ1) is 8.18. The second kappa shape index (κ2) is 2.81. The summed E-state index contributed by atoms with van der Waals surface area (Å²) in [5.74, 6) is 1.18. The second-order valence-corrected chi connectivity index (χ2v) is 3.07. The zero-order valence-corrected chi connectivity index (χ0v) is 7.90. The highest BCUT2D eigenvalue weighted by Gasteiger charge is 2.04. The average molecular weight is 195 g/mol. The number of fused-ring (bicyclic) bond motifs is 1. The van der Waals surface area contributed by atoms with E-state index in [1.54, 1.807) is 0 Å². The van der Waals surface area contributed by atoms with Crippen LogP contribution in [0.1, 0.15) is 12.7 Å². The molecule has 2 rings (SSSR count). The number of nitrogens with one attached hydrogen (secondary N) is 2. The summed E-state index contributed by atoms with van der Waals surface area (Å²) in [6.07, 6.45) is 0.831. The lowest BCUT2D eigenvalue weighted by atomic mass is 10.5. The minimum absolute atomic E-state index is 0.298. The summed E-state index contributed by atoms with van der Waals surface area (Å²) in [7, 11) is 0. The number of hydrogen-bond acceptors (Lipinski definition) is 4. The van der Waals surface area contributed by atoms with E-state index in [0.717, 1.165) is 17.8 Å². The average Bonchev–Trinajstić information content (AvgIpc) is 2.47. The first-order valence-electron chi connectivity index (χ1n) is 3.95. The fourth-order valence-electron chi connectivity index (χ4n) is 1.15. The molecule has 0 bridgehead atoms. The molecule has 0 unspecified atom stereocenters. The normalized spacial score (nSPS) is 10.8. The van der Waals surface area contributed by atoms with Gasteiger partial charge in [-0.05, 0) is 0 Å². The minimum atomic E-state index is 0.298. The smallest absolute Gasteiger partial charge is 0.200 e. The van der Waals surface area contributed by atoms with Crippen LogP contribution in [0.3, 0.4) is 0 Å². The number of rotatable bonds is 1. The van der Waals surface area contributed by atoms with Gasteiger partial charge in [-0.15, -0.1) is 0 Å². The van der Waals surface area contributed by atoms with Crippen molar-refractivity contribution >= 4 is 29.3 Å². The fraction of sp³-hybridized carbons (Fsp3) is 0.286. The van der Waals surface area contributed by atoms with Gasteiger partial charge in [0.15, 0.2) is 10.3 Å². The van der Waals surface area contributed by atoms with E-state index in [-0.39, 0.29) is 0 Å². The summed E-state index contributed by atoms with van der Waals surface area (Å²) >= 11 is 5.02. The summed E-state index contributed by atoms with van der Waals surface area (Å²) < 4.78 is 0.457. The Morgan fingerprint density at radius 2 is 2.15 bits per heavy atom. The van der Waals surface area contributed by atoms with E-state index in [0.29, 0.717) is 16.2 Å². The van der Waals surface area contributed by atoms with Gasteiger partial charge in [0, 0.05) is 6.42 Å². The Balaban J connectivity index is 2.83. The van der Waals surface area contributed by atoms with Gasteiger partial charge in [0.25, 0.3) is 0 Å². The zero-order chi connectivity index (χ0) is 9.42. The molecule has 2 aromatic rings. The number of hydrogen-bond donors (Lipinski definition) is 3. The van der Waals surface area contributed by atoms with Crippen molar-refractivity contribution in [2.45, 2.75) is 13.3 Å². The predicted octanol–water partition coefficient (Wildman–Crippen LogP) is 1.16. The Morgan fingerprint density at radius 1 is 1.38 bits per heavy atom. The lowest BCUT2D eigenvalue weighted by Gasteiger charge is -1.91. The van der Waals surface area contributed by atoms with Crippen LogP contribution in [-0.2, 0) is 6.42 Å². The lowest BCUT2D eigenvalue weighted by Crippen LogP contribution is -1.94. The van der Waals surface area contributed by atoms with Crippen LogP contribution in [0.4, 0.5) is 5.95 Å². The molecule has 0 spiro atoms. The molecule has 0 aromatic carbocycles. The number of aromatic nitrogens is 4. The van der Waals surface area contributed by atoms with E-state index in [4.69, 9.17) is 18.0 Å². The van der Waals surface area contributed by atoms with Crippen LogP contribution in [0.2, 0.25) is 0 Å². The lowest BCUT2D eigenvalue weighted by molar-refractivity contribution is 0.997. The molecule has 2 aromatic heterocycles. The van der Waals surface area contributed by atoms with Crippen LogP contribution in [0.15, 0.2) is 0 Å². The van der Waals surface area contributed by atoms with Crippen LogP contribution in [0, 0.1) is 4.64 Å². The number of aromatic amines is 2. The summed E-state index contributed by atoms with van der Waals surface area (Å²) in [6.45, 7) is 2.01. The molecular formula is C7H9N5S. The second-order valence-electron chi connectivity index (χ2n) is 2.69. The van der Waals surface area contributed by atoms with Gasteiger partial charge < -0.3 is 15.7 Å². The van der Waals surface area contributed by atoms with Crippen molar-refractivity contribution in [3.63, 3.8) is 0 Å². The summed E-state index contributed by atoms with van der Waals surface area (Å²) in [5, 5.41) is 0. The molecule has 0 radical (unpaired) electrons. The highest BCUT2D eigenvalue weighted by Crippen LogP contribution is 2.10. The maximum Gasteiger partial charge on any atom is 0.200 e. The van der Waals surface area contributed by atoms with Crippen molar-refractivity contribution in [1.82, 2.24) is 19.9 Å². The van der Waals surface area contributed by atoms with Crippen LogP contribution in [0.5, 0.6) is 0 Å². The van der Waals surface area contributed by atoms with Gasteiger partial charge in [0.1, 0.15) is 11.3 Å². The Labute approximate surface area is 79.4 Å². The van der Waals surface area contributed by atoms with Gasteiger partial charge >= 0.3 is 0 Å². The summed E-state index contributed by atoms with van der Waals surface area (Å²) in [4.78, 5) is 14.1. The molecule has 0 aliphatic heterocycles. The predicted molar refractivity (Wildman–Crippen MR) is 52.9 cm³/mol. The van der Waals surface area contributed by atoms with E-state index in [9.17, 15) is 0 Å². The van der Waals surface area contributed by atoms with Gasteiger partial charge in [-0.25, -0.2) is 9.97 Å². The molecule has 68 valence electrons. The third-order valence-electron chi connectivity index (χ3n) is 1.77. The van der Waals surface area contributed by atoms with Crippen molar-refractivity contribution in [3.05, 3.63) is 10.5 Å². The Kier molecular flexibility index (Phi) is 1.77. The SMILES string of the molecule is CCc1nc2[nH]c(N)nc(=S)c2[nH]1. The Hall–Kier alpha value is -1.43. The van der Waals surface area contributed by atoms with Crippen LogP contribution in [0.25, 0.3) is 11.2 Å². The van der Waals surface area contributed by atoms with Gasteiger partial charge in [-0.1, -0.05) is 19.1 Å². The molecule has 13 heavy (non-hydrogen) atoms. The van der Waals surface area contributed by atoms with Crippen molar-refractivity contribution in [3.8, 4) is 0 Å². The summed E-state index contributed by atoms with van der Waals surface area (Å²) in [5.41, 5.74) is 6.91. The topological polar surface area (TPSA) is 83.4 Å². The number of nitrogens with zero attached hydrogens (tertiary/aromatic N) is 2. The van der Waals surface area contributed by atoms with E-state index in [1.807, 2.05) is 6.92 Å². The maximum absolute atomic E-state index is 5.49. The number of imidazole rings is 1. The Bertz CT molecular complexity index is 497. The Morgan fingerprint density at radius 3 is 2.85 bits per heavy atom. The van der Waals surface area contributed by atoms with Gasteiger partial charge in [-0.3, -0.25) is 0 Å². The molecule has 0 saturated heterocycles. The monoisotopic (exact) mass is 195 g/mol. The highest BCUT2D eigenvalue weighted by atomic mass is 32.1. The van der Waals surface area contributed by atoms with Gasteiger partial charge in [0.2, 0.25) is 5.95 Å². The summed E-state index contributed by atoms with van der Waals surface area (Å²) in [6, 6.07) is 0. The molecule has 5 nitrogen and oxygen atoms in total. The highest BCUT2D eigenvalue weighted by molar-refractivity contribution is 7.71. The van der Waals surface area contributed by atoms with E-state index in [1.165, 1.54) is 0 Å². The van der Waals surface area contributed by atoms with Crippen molar-refractivity contribution in [2.75, 3.05) is 5.73 Å². The minimum Gasteiger partial charge on any atom is -0.369 e. The maximum atomic E-state index is 5.49.